The van der Waals surface area contributed by atoms with Crippen LogP contribution in [0.2, 0.25) is 0 Å². The first-order valence-electron chi connectivity index (χ1n) is 7.62. The van der Waals surface area contributed by atoms with E-state index >= 15 is 0 Å². The number of carbonyl (C=O) groups excluding carboxylic acids is 1. The van der Waals surface area contributed by atoms with Gasteiger partial charge in [0.2, 0.25) is 5.91 Å². The van der Waals surface area contributed by atoms with E-state index in [2.05, 4.69) is 22.5 Å². The van der Waals surface area contributed by atoms with E-state index in [0.717, 1.165) is 13.1 Å². The lowest BCUT2D eigenvalue weighted by Gasteiger charge is -2.20. The predicted octanol–water partition coefficient (Wildman–Crippen LogP) is 2.09. The quantitative estimate of drug-likeness (QED) is 0.809. The molecule has 1 fully saturated rings. The Morgan fingerprint density at radius 2 is 2.05 bits per heavy atom. The van der Waals surface area contributed by atoms with E-state index in [0.29, 0.717) is 5.92 Å². The summed E-state index contributed by atoms with van der Waals surface area (Å²) in [4.78, 5) is 14.2. The van der Waals surface area contributed by atoms with Gasteiger partial charge in [0.05, 0.1) is 12.2 Å². The van der Waals surface area contributed by atoms with Crippen molar-refractivity contribution >= 4 is 11.6 Å². The van der Waals surface area contributed by atoms with E-state index in [-0.39, 0.29) is 18.1 Å². The molecule has 0 aliphatic carbocycles. The highest BCUT2D eigenvalue weighted by Crippen LogP contribution is 2.12. The molecule has 1 aliphatic heterocycles. The first-order chi connectivity index (χ1) is 10.1. The van der Waals surface area contributed by atoms with Crippen LogP contribution >= 0.6 is 0 Å². The van der Waals surface area contributed by atoms with Gasteiger partial charge in [-0.1, -0.05) is 19.1 Å². The molecule has 1 unspecified atom stereocenters. The summed E-state index contributed by atoms with van der Waals surface area (Å²) in [5, 5.41) is 5.71. The number of rotatable bonds is 7. The lowest BCUT2D eigenvalue weighted by Crippen LogP contribution is -2.35. The molecular weight excluding hydrogens is 269 g/mol. The van der Waals surface area contributed by atoms with Crippen LogP contribution in [-0.4, -0.2) is 43.5 Å². The average molecular weight is 293 g/mol. The predicted molar refractivity (Wildman–Crippen MR) is 82.7 cm³/mol. The number of likely N-dealkylation sites (tertiary alicyclic amines) is 1. The third kappa shape index (κ3) is 5.44. The average Bonchev–Trinajstić information content (AvgIpc) is 2.94. The largest absolute Gasteiger partial charge is 0.322 e. The SMILES string of the molecule is CC(CNCC(=O)Nc1ccccc1F)CN1CCCC1. The molecule has 4 nitrogen and oxygen atoms in total. The molecule has 1 saturated heterocycles. The van der Waals surface area contributed by atoms with Gasteiger partial charge in [-0.15, -0.1) is 0 Å². The number of para-hydroxylation sites is 1. The van der Waals surface area contributed by atoms with Crippen molar-refractivity contribution in [2.75, 3.05) is 38.0 Å². The summed E-state index contributed by atoms with van der Waals surface area (Å²) in [7, 11) is 0. The minimum absolute atomic E-state index is 0.207. The Hall–Kier alpha value is -1.46. The zero-order valence-electron chi connectivity index (χ0n) is 12.6. The molecule has 2 rings (SSSR count). The van der Waals surface area contributed by atoms with Crippen LogP contribution in [0, 0.1) is 11.7 Å². The van der Waals surface area contributed by atoms with E-state index in [4.69, 9.17) is 0 Å². The van der Waals surface area contributed by atoms with Gasteiger partial charge in [0.25, 0.3) is 0 Å². The molecular formula is C16H24FN3O. The third-order valence-corrected chi connectivity index (χ3v) is 3.69. The lowest BCUT2D eigenvalue weighted by atomic mass is 10.1. The number of carbonyl (C=O) groups is 1. The second-order valence-electron chi connectivity index (χ2n) is 5.77. The standard InChI is InChI=1S/C16H24FN3O/c1-13(12-20-8-4-5-9-20)10-18-11-16(21)19-15-7-3-2-6-14(15)17/h2-3,6-7,13,18H,4-5,8-12H2,1H3,(H,19,21). The monoisotopic (exact) mass is 293 g/mol. The fourth-order valence-corrected chi connectivity index (χ4v) is 2.66. The van der Waals surface area contributed by atoms with Crippen molar-refractivity contribution in [3.63, 3.8) is 0 Å². The maximum Gasteiger partial charge on any atom is 0.238 e. The molecule has 0 bridgehead atoms. The van der Waals surface area contributed by atoms with Gasteiger partial charge in [-0.2, -0.15) is 0 Å². The topological polar surface area (TPSA) is 44.4 Å². The fraction of sp³-hybridized carbons (Fsp3) is 0.562. The molecule has 1 aliphatic rings. The van der Waals surface area contributed by atoms with Gasteiger partial charge in [0.15, 0.2) is 0 Å². The first-order valence-corrected chi connectivity index (χ1v) is 7.62. The van der Waals surface area contributed by atoms with Crippen LogP contribution in [0.1, 0.15) is 19.8 Å². The molecule has 0 aromatic heterocycles. The van der Waals surface area contributed by atoms with Gasteiger partial charge in [-0.3, -0.25) is 4.79 Å². The Morgan fingerprint density at radius 3 is 2.76 bits per heavy atom. The summed E-state index contributed by atoms with van der Waals surface area (Å²) < 4.78 is 13.4. The van der Waals surface area contributed by atoms with Crippen LogP contribution < -0.4 is 10.6 Å². The van der Waals surface area contributed by atoms with Crippen molar-refractivity contribution in [2.45, 2.75) is 19.8 Å². The highest BCUT2D eigenvalue weighted by atomic mass is 19.1. The number of amides is 1. The number of nitrogens with one attached hydrogen (secondary N) is 2. The smallest absolute Gasteiger partial charge is 0.238 e. The van der Waals surface area contributed by atoms with Gasteiger partial charge in [0, 0.05) is 6.54 Å². The molecule has 0 saturated carbocycles. The molecule has 1 aromatic carbocycles. The molecule has 1 atom stereocenters. The zero-order chi connectivity index (χ0) is 15.1. The third-order valence-electron chi connectivity index (χ3n) is 3.69. The van der Waals surface area contributed by atoms with E-state index in [1.807, 2.05) is 0 Å². The summed E-state index contributed by atoms with van der Waals surface area (Å²) >= 11 is 0. The summed E-state index contributed by atoms with van der Waals surface area (Å²) in [5.41, 5.74) is 0.231. The van der Waals surface area contributed by atoms with Crippen molar-refractivity contribution in [3.05, 3.63) is 30.1 Å². The number of halogens is 1. The number of hydrogen-bond donors (Lipinski definition) is 2. The number of nitrogens with zero attached hydrogens (tertiary/aromatic N) is 1. The highest BCUT2D eigenvalue weighted by molar-refractivity contribution is 5.92. The summed E-state index contributed by atoms with van der Waals surface area (Å²) in [6, 6.07) is 6.19. The van der Waals surface area contributed by atoms with Crippen molar-refractivity contribution in [3.8, 4) is 0 Å². The molecule has 116 valence electrons. The van der Waals surface area contributed by atoms with Gasteiger partial charge in [-0.25, -0.2) is 4.39 Å². The van der Waals surface area contributed by atoms with Crippen LogP contribution in [0.5, 0.6) is 0 Å². The lowest BCUT2D eigenvalue weighted by molar-refractivity contribution is -0.115. The fourth-order valence-electron chi connectivity index (χ4n) is 2.66. The van der Waals surface area contributed by atoms with Gasteiger partial charge < -0.3 is 15.5 Å². The Labute approximate surface area is 125 Å². The minimum atomic E-state index is -0.409. The molecule has 0 radical (unpaired) electrons. The number of hydrogen-bond acceptors (Lipinski definition) is 3. The van der Waals surface area contributed by atoms with E-state index in [1.54, 1.807) is 18.2 Å². The minimum Gasteiger partial charge on any atom is -0.322 e. The van der Waals surface area contributed by atoms with Gasteiger partial charge in [0.1, 0.15) is 5.82 Å². The molecule has 1 aromatic rings. The highest BCUT2D eigenvalue weighted by Gasteiger charge is 2.14. The van der Waals surface area contributed by atoms with Crippen molar-refractivity contribution in [2.24, 2.45) is 5.92 Å². The normalized spacial score (nSPS) is 16.9. The Balaban J connectivity index is 1.63. The molecule has 21 heavy (non-hydrogen) atoms. The molecule has 2 N–H and O–H groups in total. The van der Waals surface area contributed by atoms with Crippen molar-refractivity contribution in [1.82, 2.24) is 10.2 Å². The molecule has 1 amide bonds. The number of benzene rings is 1. The summed E-state index contributed by atoms with van der Waals surface area (Å²) in [6.45, 7) is 6.64. The maximum atomic E-state index is 13.4. The zero-order valence-corrected chi connectivity index (χ0v) is 12.6. The van der Waals surface area contributed by atoms with Gasteiger partial charge in [-0.05, 0) is 50.5 Å². The van der Waals surface area contributed by atoms with Crippen LogP contribution in [0.15, 0.2) is 24.3 Å². The van der Waals surface area contributed by atoms with Crippen LogP contribution in [0.4, 0.5) is 10.1 Å². The molecule has 1 heterocycles. The Kier molecular flexibility index (Phi) is 6.14. The van der Waals surface area contributed by atoms with Gasteiger partial charge >= 0.3 is 0 Å². The molecule has 0 spiro atoms. The van der Waals surface area contributed by atoms with Crippen molar-refractivity contribution < 1.29 is 9.18 Å². The second-order valence-corrected chi connectivity index (χ2v) is 5.77. The second kappa shape index (κ2) is 8.10. The first kappa shape index (κ1) is 15.9. The van der Waals surface area contributed by atoms with Crippen LogP contribution in [0.3, 0.4) is 0 Å². The maximum absolute atomic E-state index is 13.4. The number of anilines is 1. The van der Waals surface area contributed by atoms with E-state index in [9.17, 15) is 9.18 Å². The Morgan fingerprint density at radius 1 is 1.33 bits per heavy atom. The summed E-state index contributed by atoms with van der Waals surface area (Å²) in [6.07, 6.45) is 2.59. The van der Waals surface area contributed by atoms with Crippen LogP contribution in [-0.2, 0) is 4.79 Å². The Bertz CT molecular complexity index is 461. The van der Waals surface area contributed by atoms with E-state index in [1.165, 1.54) is 32.0 Å². The van der Waals surface area contributed by atoms with Crippen LogP contribution in [0.25, 0.3) is 0 Å². The van der Waals surface area contributed by atoms with Crippen molar-refractivity contribution in [1.29, 1.82) is 0 Å². The van der Waals surface area contributed by atoms with E-state index < -0.39 is 5.82 Å². The molecule has 5 heteroatoms. The summed E-state index contributed by atoms with van der Waals surface area (Å²) in [5.74, 6) is -0.119.